The summed E-state index contributed by atoms with van der Waals surface area (Å²) in [6.45, 7) is 4.89. The average molecular weight is 285 g/mol. The lowest BCUT2D eigenvalue weighted by Gasteiger charge is -2.34. The van der Waals surface area contributed by atoms with Gasteiger partial charge in [-0.25, -0.2) is 0 Å². The molecular formula is C13H23N3O4. The fourth-order valence-corrected chi connectivity index (χ4v) is 2.49. The van der Waals surface area contributed by atoms with Crippen molar-refractivity contribution in [2.45, 2.75) is 12.5 Å². The Morgan fingerprint density at radius 1 is 1.40 bits per heavy atom. The number of rotatable bonds is 5. The molecule has 2 fully saturated rings. The smallest absolute Gasteiger partial charge is 0.240 e. The first-order valence-corrected chi connectivity index (χ1v) is 7.09. The molecule has 0 aliphatic carbocycles. The molecule has 2 saturated heterocycles. The Balaban J connectivity index is 1.84. The number of carbonyl (C=O) groups is 2. The van der Waals surface area contributed by atoms with Gasteiger partial charge in [0.1, 0.15) is 0 Å². The van der Waals surface area contributed by atoms with Gasteiger partial charge >= 0.3 is 0 Å². The normalized spacial score (nSPS) is 24.1. The van der Waals surface area contributed by atoms with E-state index in [9.17, 15) is 9.59 Å². The first kappa shape index (κ1) is 15.2. The quantitative estimate of drug-likeness (QED) is 0.678. The van der Waals surface area contributed by atoms with Crippen molar-refractivity contribution in [1.82, 2.24) is 15.1 Å². The second kappa shape index (κ2) is 7.56. The molecule has 0 spiro atoms. The van der Waals surface area contributed by atoms with Crippen molar-refractivity contribution in [3.63, 3.8) is 0 Å². The third-order valence-corrected chi connectivity index (χ3v) is 3.69. The molecule has 0 aromatic heterocycles. The van der Waals surface area contributed by atoms with Crippen LogP contribution in [0.3, 0.4) is 0 Å². The lowest BCUT2D eigenvalue weighted by Crippen LogP contribution is -2.57. The zero-order valence-electron chi connectivity index (χ0n) is 12.0. The van der Waals surface area contributed by atoms with E-state index in [1.807, 2.05) is 0 Å². The lowest BCUT2D eigenvalue weighted by molar-refractivity contribution is -0.143. The summed E-state index contributed by atoms with van der Waals surface area (Å²) >= 11 is 0. The molecule has 0 bridgehead atoms. The number of nitrogens with zero attached hydrogens (tertiary/aromatic N) is 2. The fraction of sp³-hybridized carbons (Fsp3) is 0.846. The third-order valence-electron chi connectivity index (χ3n) is 3.69. The molecule has 2 heterocycles. The number of nitrogens with one attached hydrogen (secondary N) is 1. The molecule has 1 N–H and O–H groups in total. The van der Waals surface area contributed by atoms with Crippen LogP contribution in [-0.4, -0.2) is 87.3 Å². The summed E-state index contributed by atoms with van der Waals surface area (Å²) in [6, 6.07) is -0.407. The van der Waals surface area contributed by atoms with Crippen molar-refractivity contribution in [3.8, 4) is 0 Å². The first-order valence-electron chi connectivity index (χ1n) is 7.09. The van der Waals surface area contributed by atoms with Gasteiger partial charge in [0.05, 0.1) is 32.3 Å². The maximum Gasteiger partial charge on any atom is 0.240 e. The molecule has 20 heavy (non-hydrogen) atoms. The molecule has 0 saturated carbocycles. The second-order valence-electron chi connectivity index (χ2n) is 5.02. The molecule has 2 aliphatic heterocycles. The van der Waals surface area contributed by atoms with Gasteiger partial charge in [-0.05, 0) is 0 Å². The highest BCUT2D eigenvalue weighted by atomic mass is 16.5. The standard InChI is InChI=1S/C13H23N3O4/c1-19-7-4-16-3-2-14-11(13(16)18)10-12(17)15-5-8-20-9-6-15/h11,14H,2-10H2,1H3. The van der Waals surface area contributed by atoms with Gasteiger partial charge in [-0.2, -0.15) is 0 Å². The van der Waals surface area contributed by atoms with E-state index in [1.54, 1.807) is 16.9 Å². The molecule has 1 atom stereocenters. The first-order chi connectivity index (χ1) is 9.72. The van der Waals surface area contributed by atoms with Crippen LogP contribution in [0.25, 0.3) is 0 Å². The van der Waals surface area contributed by atoms with Gasteiger partial charge in [0.25, 0.3) is 0 Å². The topological polar surface area (TPSA) is 71.1 Å². The van der Waals surface area contributed by atoms with E-state index in [1.165, 1.54) is 0 Å². The van der Waals surface area contributed by atoms with Crippen molar-refractivity contribution in [2.24, 2.45) is 0 Å². The molecule has 1 unspecified atom stereocenters. The van der Waals surface area contributed by atoms with Gasteiger partial charge in [-0.15, -0.1) is 0 Å². The van der Waals surface area contributed by atoms with Gasteiger partial charge in [-0.1, -0.05) is 0 Å². The summed E-state index contributed by atoms with van der Waals surface area (Å²) in [4.78, 5) is 28.0. The number of piperazine rings is 1. The molecular weight excluding hydrogens is 262 g/mol. The van der Waals surface area contributed by atoms with E-state index < -0.39 is 6.04 Å². The third kappa shape index (κ3) is 3.91. The minimum absolute atomic E-state index is 0.00471. The second-order valence-corrected chi connectivity index (χ2v) is 5.02. The summed E-state index contributed by atoms with van der Waals surface area (Å²) in [5, 5.41) is 3.13. The fourth-order valence-electron chi connectivity index (χ4n) is 2.49. The van der Waals surface area contributed by atoms with Gasteiger partial charge in [0, 0.05) is 39.8 Å². The summed E-state index contributed by atoms with van der Waals surface area (Å²) in [7, 11) is 1.62. The minimum atomic E-state index is -0.407. The van der Waals surface area contributed by atoms with E-state index in [0.717, 1.165) is 6.54 Å². The predicted molar refractivity (Wildman–Crippen MR) is 72.3 cm³/mol. The lowest BCUT2D eigenvalue weighted by atomic mass is 10.1. The van der Waals surface area contributed by atoms with E-state index in [0.29, 0.717) is 46.0 Å². The number of ether oxygens (including phenoxy) is 2. The Hall–Kier alpha value is -1.18. The molecule has 7 heteroatoms. The van der Waals surface area contributed by atoms with Crippen LogP contribution in [0.2, 0.25) is 0 Å². The van der Waals surface area contributed by atoms with E-state index in [2.05, 4.69) is 5.32 Å². The number of hydrogen-bond donors (Lipinski definition) is 1. The number of carbonyl (C=O) groups excluding carboxylic acids is 2. The van der Waals surface area contributed by atoms with Crippen molar-refractivity contribution in [1.29, 1.82) is 0 Å². The van der Waals surface area contributed by atoms with Crippen LogP contribution in [0.1, 0.15) is 6.42 Å². The molecule has 2 rings (SSSR count). The highest BCUT2D eigenvalue weighted by Crippen LogP contribution is 2.08. The Labute approximate surface area is 119 Å². The van der Waals surface area contributed by atoms with E-state index in [4.69, 9.17) is 9.47 Å². The summed E-state index contributed by atoms with van der Waals surface area (Å²) in [6.07, 6.45) is 0.225. The van der Waals surface area contributed by atoms with E-state index in [-0.39, 0.29) is 18.2 Å². The SMILES string of the molecule is COCCN1CCNC(CC(=O)N2CCOCC2)C1=O. The predicted octanol–water partition coefficient (Wildman–Crippen LogP) is -1.32. The number of morpholine rings is 1. The Morgan fingerprint density at radius 3 is 2.85 bits per heavy atom. The number of amides is 2. The Kier molecular flexibility index (Phi) is 5.75. The van der Waals surface area contributed by atoms with Crippen LogP contribution in [0.5, 0.6) is 0 Å². The highest BCUT2D eigenvalue weighted by Gasteiger charge is 2.31. The summed E-state index contributed by atoms with van der Waals surface area (Å²) in [5.41, 5.74) is 0. The number of methoxy groups -OCH3 is 1. The number of hydrogen-bond acceptors (Lipinski definition) is 5. The van der Waals surface area contributed by atoms with Crippen molar-refractivity contribution < 1.29 is 19.1 Å². The van der Waals surface area contributed by atoms with Crippen molar-refractivity contribution in [3.05, 3.63) is 0 Å². The van der Waals surface area contributed by atoms with E-state index >= 15 is 0 Å². The zero-order valence-corrected chi connectivity index (χ0v) is 12.0. The van der Waals surface area contributed by atoms with Gasteiger partial charge in [-0.3, -0.25) is 9.59 Å². The molecule has 7 nitrogen and oxygen atoms in total. The summed E-state index contributed by atoms with van der Waals surface area (Å²) < 4.78 is 10.2. The Morgan fingerprint density at radius 2 is 2.15 bits per heavy atom. The molecule has 2 amide bonds. The van der Waals surface area contributed by atoms with Crippen LogP contribution in [0.15, 0.2) is 0 Å². The van der Waals surface area contributed by atoms with Crippen LogP contribution in [0, 0.1) is 0 Å². The van der Waals surface area contributed by atoms with Gasteiger partial charge in [0.15, 0.2) is 0 Å². The monoisotopic (exact) mass is 285 g/mol. The van der Waals surface area contributed by atoms with Crippen molar-refractivity contribution >= 4 is 11.8 Å². The maximum absolute atomic E-state index is 12.3. The Bertz CT molecular complexity index is 345. The largest absolute Gasteiger partial charge is 0.383 e. The highest BCUT2D eigenvalue weighted by molar-refractivity contribution is 5.89. The molecule has 0 aromatic rings. The molecule has 0 aromatic carbocycles. The van der Waals surface area contributed by atoms with Crippen LogP contribution in [-0.2, 0) is 19.1 Å². The summed E-state index contributed by atoms with van der Waals surface area (Å²) in [5.74, 6) is 0.0163. The van der Waals surface area contributed by atoms with Gasteiger partial charge < -0.3 is 24.6 Å². The average Bonchev–Trinajstić information content (AvgIpc) is 2.49. The molecule has 2 aliphatic rings. The van der Waals surface area contributed by atoms with Crippen LogP contribution in [0.4, 0.5) is 0 Å². The molecule has 0 radical (unpaired) electrons. The van der Waals surface area contributed by atoms with Gasteiger partial charge in [0.2, 0.25) is 11.8 Å². The van der Waals surface area contributed by atoms with Crippen LogP contribution >= 0.6 is 0 Å². The minimum Gasteiger partial charge on any atom is -0.383 e. The van der Waals surface area contributed by atoms with Crippen molar-refractivity contribution in [2.75, 3.05) is 59.7 Å². The maximum atomic E-state index is 12.3. The molecule has 114 valence electrons. The van der Waals surface area contributed by atoms with Crippen LogP contribution < -0.4 is 5.32 Å². The zero-order chi connectivity index (χ0) is 14.4.